The number of halogens is 1. The molecule has 0 aliphatic carbocycles. The van der Waals surface area contributed by atoms with Crippen molar-refractivity contribution in [3.8, 4) is 0 Å². The van der Waals surface area contributed by atoms with E-state index in [1.165, 1.54) is 24.8 Å². The molecule has 0 saturated carbocycles. The SMILES string of the molecule is C=C1OCCN(C(=O)c2ccc(S(=O)(=O)CCNC(=O)CCOCCOCCOCCOCCOCCOCCOCCOCCNC(C)=O)c(F)c2C)C/C1=C/C(=C\C)c1ccc(N)nc1. The molecule has 0 bridgehead atoms. The van der Waals surface area contributed by atoms with Gasteiger partial charge in [-0.3, -0.25) is 14.4 Å². The molecule has 3 rings (SSSR count). The Bertz CT molecular complexity index is 2000. The molecule has 21 heteroatoms. The van der Waals surface area contributed by atoms with Crippen LogP contribution in [0.15, 0.2) is 65.4 Å². The Morgan fingerprint density at radius 2 is 1.34 bits per heavy atom. The number of nitrogen functional groups attached to an aromatic ring is 1. The van der Waals surface area contributed by atoms with E-state index in [4.69, 9.17) is 48.4 Å². The Morgan fingerprint density at radius 3 is 1.85 bits per heavy atom. The molecule has 1 saturated heterocycles. The van der Waals surface area contributed by atoms with Crippen molar-refractivity contribution in [1.82, 2.24) is 20.5 Å². The fourth-order valence-corrected chi connectivity index (χ4v) is 7.36. The molecule has 1 aromatic heterocycles. The van der Waals surface area contributed by atoms with Crippen molar-refractivity contribution in [2.75, 3.05) is 150 Å². The number of pyridine rings is 1. The number of ether oxygens (including phenoxy) is 9. The number of nitrogens with zero attached hydrogens (tertiary/aromatic N) is 2. The van der Waals surface area contributed by atoms with Crippen molar-refractivity contribution >= 4 is 38.9 Å². The Balaban J connectivity index is 1.20. The number of rotatable bonds is 34. The van der Waals surface area contributed by atoms with Crippen molar-refractivity contribution in [2.24, 2.45) is 0 Å². The van der Waals surface area contributed by atoms with E-state index in [2.05, 4.69) is 22.2 Å². The molecule has 1 fully saturated rings. The molecule has 1 aliphatic heterocycles. The maximum atomic E-state index is 15.7. The molecule has 19 nitrogen and oxygen atoms in total. The van der Waals surface area contributed by atoms with Crippen molar-refractivity contribution in [2.45, 2.75) is 32.1 Å². The van der Waals surface area contributed by atoms with Crippen LogP contribution in [0.4, 0.5) is 10.2 Å². The number of nitrogens with two attached hydrogens (primary N) is 1. The zero-order valence-corrected chi connectivity index (χ0v) is 39.8. The second-order valence-corrected chi connectivity index (χ2v) is 16.8. The summed E-state index contributed by atoms with van der Waals surface area (Å²) in [6, 6.07) is 5.89. The lowest BCUT2D eigenvalue weighted by atomic mass is 10.0. The molecule has 2 aromatic rings. The number of sulfone groups is 1. The highest BCUT2D eigenvalue weighted by Gasteiger charge is 2.28. The first kappa shape index (κ1) is 56.5. The third-order valence-corrected chi connectivity index (χ3v) is 11.4. The number of amides is 3. The molecular weight excluding hydrogens is 898 g/mol. The lowest BCUT2D eigenvalue weighted by molar-refractivity contribution is -0.122. The van der Waals surface area contributed by atoms with Crippen LogP contribution in [-0.4, -0.2) is 180 Å². The van der Waals surface area contributed by atoms with Crippen LogP contribution < -0.4 is 16.4 Å². The summed E-state index contributed by atoms with van der Waals surface area (Å²) in [4.78, 5) is 41.9. The topological polar surface area (TPSA) is 235 Å². The summed E-state index contributed by atoms with van der Waals surface area (Å²) in [5, 5.41) is 5.17. The zero-order valence-electron chi connectivity index (χ0n) is 39.0. The van der Waals surface area contributed by atoms with Crippen LogP contribution in [0, 0.1) is 12.7 Å². The number of anilines is 1. The number of nitrogens with one attached hydrogen (secondary N) is 2. The number of hydrogen-bond acceptors (Lipinski definition) is 16. The van der Waals surface area contributed by atoms with Gasteiger partial charge in [0.2, 0.25) is 11.8 Å². The fraction of sp³-hybridized carbons (Fsp3) is 0.565. The number of aromatic nitrogens is 1. The lowest BCUT2D eigenvalue weighted by Gasteiger charge is -2.22. The quantitative estimate of drug-likeness (QED) is 0.0856. The third kappa shape index (κ3) is 22.7. The third-order valence-electron chi connectivity index (χ3n) is 9.71. The summed E-state index contributed by atoms with van der Waals surface area (Å²) in [5.41, 5.74) is 7.87. The van der Waals surface area contributed by atoms with Crippen LogP contribution in [-0.2, 0) is 62.1 Å². The van der Waals surface area contributed by atoms with Crippen LogP contribution in [0.25, 0.3) is 5.57 Å². The van der Waals surface area contributed by atoms with Gasteiger partial charge >= 0.3 is 0 Å². The highest BCUT2D eigenvalue weighted by Crippen LogP contribution is 2.27. The second-order valence-electron chi connectivity index (χ2n) is 14.7. The minimum Gasteiger partial charge on any atom is -0.492 e. The van der Waals surface area contributed by atoms with Gasteiger partial charge < -0.3 is 63.9 Å². The summed E-state index contributed by atoms with van der Waals surface area (Å²) in [5.74, 6) is -1.82. The van der Waals surface area contributed by atoms with Crippen LogP contribution in [0.2, 0.25) is 0 Å². The van der Waals surface area contributed by atoms with Gasteiger partial charge in [0.25, 0.3) is 5.91 Å². The molecule has 374 valence electrons. The minimum atomic E-state index is -4.16. The molecule has 0 spiro atoms. The van der Waals surface area contributed by atoms with Gasteiger partial charge in [0.1, 0.15) is 28.9 Å². The maximum absolute atomic E-state index is 15.7. The van der Waals surface area contributed by atoms with Crippen LogP contribution in [0.3, 0.4) is 0 Å². The summed E-state index contributed by atoms with van der Waals surface area (Å²) in [6.07, 6.45) is 5.34. The average Bonchev–Trinajstić information content (AvgIpc) is 3.48. The normalized spacial score (nSPS) is 14.0. The van der Waals surface area contributed by atoms with Crippen LogP contribution in [0.5, 0.6) is 0 Å². The standard InChI is InChI=1S/C46H68FN5O14S/c1-5-38(39-6-9-43(48)51-33-39)32-40-34-52(13-16-66-36(40)3)46(55)41-7-8-42(45(47)35(41)2)67(56,57)31-12-50-44(54)10-14-58-17-19-60-21-23-62-25-27-64-29-30-65-28-26-63-24-22-61-20-18-59-15-11-49-37(4)53/h5-9,32-33H,3,10-31,34H2,1-2,4H3,(H2,48,51)(H,49,53)(H,50,54)/b38-5+,40-32-. The summed E-state index contributed by atoms with van der Waals surface area (Å²) < 4.78 is 91.2. The molecule has 4 N–H and O–H groups in total. The molecule has 3 amide bonds. The maximum Gasteiger partial charge on any atom is 0.254 e. The van der Waals surface area contributed by atoms with Gasteiger partial charge in [0.05, 0.1) is 118 Å². The Hall–Kier alpha value is -4.84. The van der Waals surface area contributed by atoms with Crippen LogP contribution in [0.1, 0.15) is 41.8 Å². The molecule has 1 aliphatic rings. The van der Waals surface area contributed by atoms with Gasteiger partial charge in [-0.15, -0.1) is 0 Å². The van der Waals surface area contributed by atoms with E-state index in [-0.39, 0.29) is 62.9 Å². The van der Waals surface area contributed by atoms with Gasteiger partial charge in [-0.2, -0.15) is 0 Å². The predicted molar refractivity (Wildman–Crippen MR) is 247 cm³/mol. The Morgan fingerprint density at radius 1 is 0.806 bits per heavy atom. The van der Waals surface area contributed by atoms with Gasteiger partial charge in [-0.25, -0.2) is 17.8 Å². The molecule has 0 radical (unpaired) electrons. The summed E-state index contributed by atoms with van der Waals surface area (Å²) >= 11 is 0. The number of carbonyl (C=O) groups is 3. The molecule has 2 heterocycles. The smallest absolute Gasteiger partial charge is 0.254 e. The molecule has 67 heavy (non-hydrogen) atoms. The number of hydrogen-bond donors (Lipinski definition) is 3. The molecular formula is C46H68FN5O14S. The highest BCUT2D eigenvalue weighted by atomic mass is 32.2. The predicted octanol–water partition coefficient (Wildman–Crippen LogP) is 2.68. The van der Waals surface area contributed by atoms with E-state index in [0.29, 0.717) is 116 Å². The Labute approximate surface area is 393 Å². The first-order valence-electron chi connectivity index (χ1n) is 22.2. The molecule has 0 unspecified atom stereocenters. The van der Waals surface area contributed by atoms with E-state index in [1.807, 2.05) is 25.1 Å². The van der Waals surface area contributed by atoms with Crippen molar-refractivity contribution in [1.29, 1.82) is 0 Å². The minimum absolute atomic E-state index is 0.0101. The van der Waals surface area contributed by atoms with Gasteiger partial charge in [-0.05, 0) is 60.9 Å². The first-order chi connectivity index (χ1) is 32.3. The molecule has 1 aromatic carbocycles. The largest absolute Gasteiger partial charge is 0.492 e. The zero-order chi connectivity index (χ0) is 48.7. The number of carbonyl (C=O) groups excluding carboxylic acids is 3. The van der Waals surface area contributed by atoms with Gasteiger partial charge in [0.15, 0.2) is 9.84 Å². The van der Waals surface area contributed by atoms with Crippen LogP contribution >= 0.6 is 0 Å². The van der Waals surface area contributed by atoms with Crippen molar-refractivity contribution in [3.05, 3.63) is 83.0 Å². The lowest BCUT2D eigenvalue weighted by Crippen LogP contribution is -2.34. The fourth-order valence-electron chi connectivity index (χ4n) is 6.07. The molecule has 0 atom stereocenters. The van der Waals surface area contributed by atoms with E-state index >= 15 is 4.39 Å². The monoisotopic (exact) mass is 965 g/mol. The van der Waals surface area contributed by atoms with Crippen molar-refractivity contribution < 1.29 is 69.8 Å². The van der Waals surface area contributed by atoms with E-state index in [9.17, 15) is 22.8 Å². The van der Waals surface area contributed by atoms with Gasteiger partial charge in [-0.1, -0.05) is 12.7 Å². The number of benzene rings is 1. The first-order valence-corrected chi connectivity index (χ1v) is 23.8. The second kappa shape index (κ2) is 32.8. The number of allylic oxidation sites excluding steroid dienone is 3. The van der Waals surface area contributed by atoms with Crippen molar-refractivity contribution in [3.63, 3.8) is 0 Å². The van der Waals surface area contributed by atoms with Gasteiger partial charge in [0, 0.05) is 50.3 Å². The summed E-state index contributed by atoms with van der Waals surface area (Å²) in [7, 11) is -4.16. The summed E-state index contributed by atoms with van der Waals surface area (Å²) in [6.45, 7) is 15.6. The van der Waals surface area contributed by atoms with E-state index < -0.39 is 38.1 Å². The Kier molecular flexibility index (Phi) is 27.6. The highest BCUT2D eigenvalue weighted by molar-refractivity contribution is 7.91. The van der Waals surface area contributed by atoms with E-state index in [0.717, 1.165) is 17.2 Å². The van der Waals surface area contributed by atoms with E-state index in [1.54, 1.807) is 12.3 Å². The average molecular weight is 966 g/mol.